The molecular formula is C20H23NO5. The van der Waals surface area contributed by atoms with Crippen molar-refractivity contribution >= 4 is 5.97 Å². The minimum Gasteiger partial charge on any atom is -0.479 e. The maximum atomic E-state index is 11.6. The molecule has 2 aromatic carbocycles. The van der Waals surface area contributed by atoms with Gasteiger partial charge in [0, 0.05) is 6.54 Å². The van der Waals surface area contributed by atoms with Crippen LogP contribution in [0.15, 0.2) is 60.7 Å². The van der Waals surface area contributed by atoms with Gasteiger partial charge in [0.25, 0.3) is 0 Å². The molecule has 0 radical (unpaired) electrons. The summed E-state index contributed by atoms with van der Waals surface area (Å²) in [6, 6.07) is 19.2. The third-order valence-electron chi connectivity index (χ3n) is 4.36. The molecule has 6 heteroatoms. The molecule has 26 heavy (non-hydrogen) atoms. The molecule has 3 rings (SSSR count). The van der Waals surface area contributed by atoms with E-state index in [2.05, 4.69) is 0 Å². The van der Waals surface area contributed by atoms with Crippen molar-refractivity contribution in [2.24, 2.45) is 5.73 Å². The Morgan fingerprint density at radius 2 is 1.42 bits per heavy atom. The van der Waals surface area contributed by atoms with Crippen molar-refractivity contribution < 1.29 is 24.1 Å². The second-order valence-electron chi connectivity index (χ2n) is 6.19. The molecule has 1 aliphatic rings. The second kappa shape index (κ2) is 8.91. The Kier molecular flexibility index (Phi) is 6.35. The van der Waals surface area contributed by atoms with Crippen molar-refractivity contribution in [3.63, 3.8) is 0 Å². The summed E-state index contributed by atoms with van der Waals surface area (Å²) in [6.07, 6.45) is -2.91. The minimum atomic E-state index is -1.10. The lowest BCUT2D eigenvalue weighted by Crippen LogP contribution is -2.41. The van der Waals surface area contributed by atoms with Crippen LogP contribution in [0, 0.1) is 0 Å². The SMILES string of the molecule is NC[C@H]1O[C@H](C(=O)O)[C@@H](OCc2ccccc2)[C@@H]1OCc1ccccc1. The lowest BCUT2D eigenvalue weighted by molar-refractivity contribution is -0.156. The first kappa shape index (κ1) is 18.5. The lowest BCUT2D eigenvalue weighted by atomic mass is 10.1. The molecule has 1 fully saturated rings. The highest BCUT2D eigenvalue weighted by Gasteiger charge is 2.49. The third kappa shape index (κ3) is 4.47. The van der Waals surface area contributed by atoms with Crippen molar-refractivity contribution in [2.75, 3.05) is 6.54 Å². The quantitative estimate of drug-likeness (QED) is 0.751. The molecule has 1 heterocycles. The number of carboxylic acid groups (broad SMARTS) is 1. The molecule has 0 saturated carbocycles. The molecule has 0 bridgehead atoms. The number of nitrogens with two attached hydrogens (primary N) is 1. The first-order chi connectivity index (χ1) is 12.7. The molecule has 6 nitrogen and oxygen atoms in total. The van der Waals surface area contributed by atoms with Gasteiger partial charge in [-0.25, -0.2) is 4.79 Å². The van der Waals surface area contributed by atoms with Gasteiger partial charge in [-0.2, -0.15) is 0 Å². The van der Waals surface area contributed by atoms with Crippen LogP contribution >= 0.6 is 0 Å². The van der Waals surface area contributed by atoms with Crippen LogP contribution in [0.4, 0.5) is 0 Å². The zero-order chi connectivity index (χ0) is 18.4. The first-order valence-electron chi connectivity index (χ1n) is 8.58. The molecule has 4 atom stereocenters. The molecular weight excluding hydrogens is 334 g/mol. The molecule has 0 unspecified atom stereocenters. The van der Waals surface area contributed by atoms with Crippen LogP contribution in [0.2, 0.25) is 0 Å². The first-order valence-corrected chi connectivity index (χ1v) is 8.58. The number of hydrogen-bond acceptors (Lipinski definition) is 5. The van der Waals surface area contributed by atoms with Gasteiger partial charge in [-0.05, 0) is 11.1 Å². The molecule has 3 N–H and O–H groups in total. The van der Waals surface area contributed by atoms with E-state index in [1.54, 1.807) is 0 Å². The van der Waals surface area contributed by atoms with Gasteiger partial charge in [0.15, 0.2) is 6.10 Å². The molecule has 138 valence electrons. The summed E-state index contributed by atoms with van der Waals surface area (Å²) in [6.45, 7) is 0.776. The molecule has 0 aliphatic carbocycles. The maximum Gasteiger partial charge on any atom is 0.335 e. The van der Waals surface area contributed by atoms with E-state index >= 15 is 0 Å². The van der Waals surface area contributed by atoms with Crippen LogP contribution in [0.5, 0.6) is 0 Å². The highest BCUT2D eigenvalue weighted by atomic mass is 16.6. The van der Waals surface area contributed by atoms with E-state index in [1.165, 1.54) is 0 Å². The fourth-order valence-electron chi connectivity index (χ4n) is 3.03. The van der Waals surface area contributed by atoms with Crippen molar-refractivity contribution in [1.29, 1.82) is 0 Å². The number of carbonyl (C=O) groups is 1. The zero-order valence-corrected chi connectivity index (χ0v) is 14.4. The van der Waals surface area contributed by atoms with Gasteiger partial charge in [0.2, 0.25) is 0 Å². The Labute approximate surface area is 152 Å². The number of aliphatic carboxylic acids is 1. The van der Waals surface area contributed by atoms with Gasteiger partial charge in [-0.1, -0.05) is 60.7 Å². The Morgan fingerprint density at radius 1 is 0.923 bits per heavy atom. The predicted molar refractivity (Wildman–Crippen MR) is 95.4 cm³/mol. The van der Waals surface area contributed by atoms with Crippen molar-refractivity contribution in [3.8, 4) is 0 Å². The van der Waals surface area contributed by atoms with Crippen LogP contribution in [0.1, 0.15) is 11.1 Å². The van der Waals surface area contributed by atoms with Crippen molar-refractivity contribution in [1.82, 2.24) is 0 Å². The second-order valence-corrected chi connectivity index (χ2v) is 6.19. The minimum absolute atomic E-state index is 0.161. The normalized spacial score (nSPS) is 25.3. The highest BCUT2D eigenvalue weighted by Crippen LogP contribution is 2.28. The van der Waals surface area contributed by atoms with E-state index in [-0.39, 0.29) is 13.2 Å². The average Bonchev–Trinajstić information content (AvgIpc) is 3.04. The smallest absolute Gasteiger partial charge is 0.335 e. The molecule has 0 spiro atoms. The van der Waals surface area contributed by atoms with Gasteiger partial charge in [-0.15, -0.1) is 0 Å². The highest BCUT2D eigenvalue weighted by molar-refractivity contribution is 5.73. The third-order valence-corrected chi connectivity index (χ3v) is 4.36. The number of carboxylic acids is 1. The largest absolute Gasteiger partial charge is 0.479 e. The van der Waals surface area contributed by atoms with E-state index in [4.69, 9.17) is 19.9 Å². The van der Waals surface area contributed by atoms with Crippen LogP contribution in [-0.4, -0.2) is 42.0 Å². The number of ether oxygens (including phenoxy) is 3. The fraction of sp³-hybridized carbons (Fsp3) is 0.350. The topological polar surface area (TPSA) is 91.0 Å². The van der Waals surface area contributed by atoms with Gasteiger partial charge in [0.05, 0.1) is 19.3 Å². The average molecular weight is 357 g/mol. The summed E-state index contributed by atoms with van der Waals surface area (Å²) in [7, 11) is 0. The van der Waals surface area contributed by atoms with Crippen LogP contribution in [0.25, 0.3) is 0 Å². The maximum absolute atomic E-state index is 11.6. The van der Waals surface area contributed by atoms with Crippen LogP contribution in [0.3, 0.4) is 0 Å². The summed E-state index contributed by atoms with van der Waals surface area (Å²) >= 11 is 0. The van der Waals surface area contributed by atoms with Gasteiger partial charge >= 0.3 is 5.97 Å². The Bertz CT molecular complexity index is 694. The van der Waals surface area contributed by atoms with Gasteiger partial charge < -0.3 is 25.1 Å². The van der Waals surface area contributed by atoms with Gasteiger partial charge in [0.1, 0.15) is 12.2 Å². The van der Waals surface area contributed by atoms with Crippen LogP contribution < -0.4 is 5.73 Å². The predicted octanol–water partition coefficient (Wildman–Crippen LogP) is 1.97. The van der Waals surface area contributed by atoms with Crippen molar-refractivity contribution in [2.45, 2.75) is 37.6 Å². The monoisotopic (exact) mass is 357 g/mol. The summed E-state index contributed by atoms with van der Waals surface area (Å²) in [5.41, 5.74) is 7.71. The molecule has 2 aromatic rings. The van der Waals surface area contributed by atoms with E-state index in [0.717, 1.165) is 11.1 Å². The Hall–Kier alpha value is -2.25. The summed E-state index contributed by atoms with van der Waals surface area (Å²) in [5.74, 6) is -1.08. The molecule has 1 aliphatic heterocycles. The molecule has 1 saturated heterocycles. The number of hydrogen-bond donors (Lipinski definition) is 2. The summed E-state index contributed by atoms with van der Waals surface area (Å²) in [5, 5.41) is 9.50. The number of benzene rings is 2. The van der Waals surface area contributed by atoms with E-state index in [9.17, 15) is 9.90 Å². The molecule has 0 aromatic heterocycles. The number of rotatable bonds is 8. The fourth-order valence-corrected chi connectivity index (χ4v) is 3.03. The van der Waals surface area contributed by atoms with E-state index in [0.29, 0.717) is 6.61 Å². The standard InChI is InChI=1S/C20H23NO5/c21-11-16-17(24-12-14-7-3-1-4-8-14)18(19(26-16)20(22)23)25-13-15-9-5-2-6-10-15/h1-10,16-19H,11-13,21H2,(H,22,23)/t16-,17-,18+,19+/m1/s1. The summed E-state index contributed by atoms with van der Waals surface area (Å²) < 4.78 is 17.5. The van der Waals surface area contributed by atoms with Crippen molar-refractivity contribution in [3.05, 3.63) is 71.8 Å². The van der Waals surface area contributed by atoms with E-state index < -0.39 is 30.4 Å². The lowest BCUT2D eigenvalue weighted by Gasteiger charge is -2.24. The van der Waals surface area contributed by atoms with Crippen LogP contribution in [-0.2, 0) is 32.2 Å². The van der Waals surface area contributed by atoms with E-state index in [1.807, 2.05) is 60.7 Å². The zero-order valence-electron chi connectivity index (χ0n) is 14.4. The Balaban J connectivity index is 1.71. The van der Waals surface area contributed by atoms with Gasteiger partial charge in [-0.3, -0.25) is 0 Å². The molecule has 0 amide bonds. The summed E-state index contributed by atoms with van der Waals surface area (Å²) in [4.78, 5) is 11.6. The Morgan fingerprint density at radius 3 is 1.88 bits per heavy atom.